The van der Waals surface area contributed by atoms with E-state index >= 15 is 0 Å². The number of hydrogen-bond acceptors (Lipinski definition) is 4. The molecule has 0 saturated carbocycles. The molecule has 0 aromatic carbocycles. The predicted molar refractivity (Wildman–Crippen MR) is 66.4 cm³/mol. The van der Waals surface area contributed by atoms with Crippen molar-refractivity contribution < 1.29 is 0 Å². The maximum Gasteiger partial charge on any atom is 0.137 e. The number of nitrogens with zero attached hydrogens (tertiary/aromatic N) is 3. The van der Waals surface area contributed by atoms with Crippen LogP contribution in [0.5, 0.6) is 0 Å². The highest BCUT2D eigenvalue weighted by molar-refractivity contribution is 5.56. The standard InChI is InChI=1S/C12H20N4/c1-3-10-11(13)14-8-15-12(10)16-6-4-9(2)5-7-16/h8-9H,3-7H2,1-2H3,(H2,13,14,15). The fourth-order valence-electron chi connectivity index (χ4n) is 2.25. The van der Waals surface area contributed by atoms with Crippen LogP contribution in [-0.2, 0) is 6.42 Å². The summed E-state index contributed by atoms with van der Waals surface area (Å²) < 4.78 is 0. The molecular weight excluding hydrogens is 200 g/mol. The average Bonchev–Trinajstić information content (AvgIpc) is 2.30. The van der Waals surface area contributed by atoms with Gasteiger partial charge < -0.3 is 10.6 Å². The number of nitrogens with two attached hydrogens (primary N) is 1. The number of nitrogen functional groups attached to an aromatic ring is 1. The van der Waals surface area contributed by atoms with Crippen molar-refractivity contribution >= 4 is 11.6 Å². The Bertz CT molecular complexity index is 356. The smallest absolute Gasteiger partial charge is 0.137 e. The molecule has 0 atom stereocenters. The minimum Gasteiger partial charge on any atom is -0.383 e. The molecule has 88 valence electrons. The molecule has 2 heterocycles. The third-order valence-electron chi connectivity index (χ3n) is 3.39. The van der Waals surface area contributed by atoms with Crippen LogP contribution in [0, 0.1) is 5.92 Å². The summed E-state index contributed by atoms with van der Waals surface area (Å²) in [4.78, 5) is 10.8. The maximum absolute atomic E-state index is 5.89. The fourth-order valence-corrected chi connectivity index (χ4v) is 2.25. The highest BCUT2D eigenvalue weighted by Gasteiger charge is 2.20. The maximum atomic E-state index is 5.89. The van der Waals surface area contributed by atoms with Crippen LogP contribution in [0.3, 0.4) is 0 Å². The lowest BCUT2D eigenvalue weighted by molar-refractivity contribution is 0.436. The van der Waals surface area contributed by atoms with Gasteiger partial charge in [0.2, 0.25) is 0 Å². The molecule has 1 saturated heterocycles. The first kappa shape index (κ1) is 11.2. The zero-order valence-electron chi connectivity index (χ0n) is 10.1. The highest BCUT2D eigenvalue weighted by atomic mass is 15.2. The second kappa shape index (κ2) is 4.68. The van der Waals surface area contributed by atoms with Crippen LogP contribution < -0.4 is 10.6 Å². The van der Waals surface area contributed by atoms with Crippen LogP contribution in [-0.4, -0.2) is 23.1 Å². The van der Waals surface area contributed by atoms with Gasteiger partial charge in [0.1, 0.15) is 18.0 Å². The SMILES string of the molecule is CCc1c(N)ncnc1N1CCC(C)CC1. The number of aromatic nitrogens is 2. The summed E-state index contributed by atoms with van der Waals surface area (Å²) in [5.74, 6) is 2.51. The van der Waals surface area contributed by atoms with Crippen LogP contribution in [0.2, 0.25) is 0 Å². The topological polar surface area (TPSA) is 55.0 Å². The molecule has 2 N–H and O–H groups in total. The number of anilines is 2. The average molecular weight is 220 g/mol. The van der Waals surface area contributed by atoms with E-state index in [-0.39, 0.29) is 0 Å². The van der Waals surface area contributed by atoms with E-state index in [2.05, 4.69) is 28.7 Å². The first-order chi connectivity index (χ1) is 7.72. The summed E-state index contributed by atoms with van der Waals surface area (Å²) >= 11 is 0. The lowest BCUT2D eigenvalue weighted by Gasteiger charge is -2.32. The normalized spacial score (nSPS) is 17.8. The van der Waals surface area contributed by atoms with Gasteiger partial charge in [-0.15, -0.1) is 0 Å². The molecule has 0 unspecified atom stereocenters. The lowest BCUT2D eigenvalue weighted by Crippen LogP contribution is -2.34. The zero-order valence-corrected chi connectivity index (χ0v) is 10.1. The van der Waals surface area contributed by atoms with E-state index in [1.54, 1.807) is 6.33 Å². The van der Waals surface area contributed by atoms with Gasteiger partial charge in [-0.25, -0.2) is 9.97 Å². The number of piperidine rings is 1. The monoisotopic (exact) mass is 220 g/mol. The molecule has 1 aliphatic heterocycles. The van der Waals surface area contributed by atoms with Crippen molar-refractivity contribution in [2.45, 2.75) is 33.1 Å². The van der Waals surface area contributed by atoms with E-state index in [1.807, 2.05) is 0 Å². The van der Waals surface area contributed by atoms with Crippen molar-refractivity contribution in [2.24, 2.45) is 5.92 Å². The van der Waals surface area contributed by atoms with Gasteiger partial charge in [-0.1, -0.05) is 13.8 Å². The molecular formula is C12H20N4. The summed E-state index contributed by atoms with van der Waals surface area (Å²) in [5.41, 5.74) is 6.98. The van der Waals surface area contributed by atoms with Crippen LogP contribution in [0.1, 0.15) is 32.3 Å². The second-order valence-electron chi connectivity index (χ2n) is 4.58. The molecule has 0 aliphatic carbocycles. The van der Waals surface area contributed by atoms with Crippen LogP contribution >= 0.6 is 0 Å². The largest absolute Gasteiger partial charge is 0.383 e. The van der Waals surface area contributed by atoms with Crippen LogP contribution in [0.15, 0.2) is 6.33 Å². The summed E-state index contributed by atoms with van der Waals surface area (Å²) in [6.45, 7) is 6.59. The Balaban J connectivity index is 2.23. The minimum atomic E-state index is 0.631. The molecule has 4 nitrogen and oxygen atoms in total. The van der Waals surface area contributed by atoms with Gasteiger partial charge in [-0.05, 0) is 25.2 Å². The molecule has 1 aromatic heterocycles. The zero-order chi connectivity index (χ0) is 11.5. The molecule has 4 heteroatoms. The Hall–Kier alpha value is -1.32. The second-order valence-corrected chi connectivity index (χ2v) is 4.58. The van der Waals surface area contributed by atoms with Crippen molar-refractivity contribution in [3.63, 3.8) is 0 Å². The summed E-state index contributed by atoms with van der Waals surface area (Å²) in [6, 6.07) is 0. The molecule has 0 spiro atoms. The van der Waals surface area contributed by atoms with E-state index in [0.717, 1.165) is 36.8 Å². The third-order valence-corrected chi connectivity index (χ3v) is 3.39. The predicted octanol–water partition coefficient (Wildman–Crippen LogP) is 1.86. The van der Waals surface area contributed by atoms with Gasteiger partial charge >= 0.3 is 0 Å². The molecule has 0 bridgehead atoms. The molecule has 2 rings (SSSR count). The fraction of sp³-hybridized carbons (Fsp3) is 0.667. The van der Waals surface area contributed by atoms with Crippen molar-refractivity contribution in [3.8, 4) is 0 Å². The van der Waals surface area contributed by atoms with E-state index < -0.39 is 0 Å². The first-order valence-corrected chi connectivity index (χ1v) is 6.06. The van der Waals surface area contributed by atoms with Gasteiger partial charge in [0.25, 0.3) is 0 Å². The van der Waals surface area contributed by atoms with Crippen molar-refractivity contribution in [3.05, 3.63) is 11.9 Å². The Morgan fingerprint density at radius 3 is 2.69 bits per heavy atom. The van der Waals surface area contributed by atoms with E-state index in [9.17, 15) is 0 Å². The molecule has 1 aromatic rings. The van der Waals surface area contributed by atoms with Gasteiger partial charge in [0, 0.05) is 18.7 Å². The Morgan fingerprint density at radius 2 is 2.06 bits per heavy atom. The van der Waals surface area contributed by atoms with Crippen LogP contribution in [0.4, 0.5) is 11.6 Å². The van der Waals surface area contributed by atoms with E-state index in [1.165, 1.54) is 12.8 Å². The third kappa shape index (κ3) is 2.10. The quantitative estimate of drug-likeness (QED) is 0.826. The molecule has 1 fully saturated rings. The van der Waals surface area contributed by atoms with Gasteiger partial charge in [-0.2, -0.15) is 0 Å². The molecule has 1 aliphatic rings. The Labute approximate surface area is 96.9 Å². The van der Waals surface area contributed by atoms with E-state index in [0.29, 0.717) is 5.82 Å². The Kier molecular flexibility index (Phi) is 3.27. The van der Waals surface area contributed by atoms with Gasteiger partial charge in [0.15, 0.2) is 0 Å². The number of rotatable bonds is 2. The highest BCUT2D eigenvalue weighted by Crippen LogP contribution is 2.26. The van der Waals surface area contributed by atoms with Crippen molar-refractivity contribution in [2.75, 3.05) is 23.7 Å². The Morgan fingerprint density at radius 1 is 1.38 bits per heavy atom. The molecule has 16 heavy (non-hydrogen) atoms. The van der Waals surface area contributed by atoms with Gasteiger partial charge in [-0.3, -0.25) is 0 Å². The molecule has 0 radical (unpaired) electrons. The van der Waals surface area contributed by atoms with Crippen molar-refractivity contribution in [1.82, 2.24) is 9.97 Å². The summed E-state index contributed by atoms with van der Waals surface area (Å²) in [6.07, 6.45) is 4.95. The first-order valence-electron chi connectivity index (χ1n) is 6.06. The van der Waals surface area contributed by atoms with Crippen molar-refractivity contribution in [1.29, 1.82) is 0 Å². The lowest BCUT2D eigenvalue weighted by atomic mass is 9.99. The summed E-state index contributed by atoms with van der Waals surface area (Å²) in [7, 11) is 0. The number of hydrogen-bond donors (Lipinski definition) is 1. The van der Waals surface area contributed by atoms with Crippen LogP contribution in [0.25, 0.3) is 0 Å². The summed E-state index contributed by atoms with van der Waals surface area (Å²) in [5, 5.41) is 0. The van der Waals surface area contributed by atoms with Gasteiger partial charge in [0.05, 0.1) is 0 Å². The molecule has 0 amide bonds. The minimum absolute atomic E-state index is 0.631. The van der Waals surface area contributed by atoms with E-state index in [4.69, 9.17) is 5.73 Å².